The third kappa shape index (κ3) is 3.77. The first kappa shape index (κ1) is 14.4. The van der Waals surface area contributed by atoms with Gasteiger partial charge in [0.1, 0.15) is 5.76 Å². The molecule has 0 unspecified atom stereocenters. The van der Waals surface area contributed by atoms with Crippen molar-refractivity contribution in [2.24, 2.45) is 0 Å². The maximum absolute atomic E-state index is 12.7. The summed E-state index contributed by atoms with van der Waals surface area (Å²) in [5.41, 5.74) is 0. The van der Waals surface area contributed by atoms with Gasteiger partial charge in [-0.1, -0.05) is 0 Å². The molecule has 116 valence electrons. The van der Waals surface area contributed by atoms with Crippen LogP contribution >= 0.6 is 0 Å². The van der Waals surface area contributed by atoms with Crippen LogP contribution in [0.1, 0.15) is 18.6 Å². The number of amides is 2. The van der Waals surface area contributed by atoms with E-state index >= 15 is 0 Å². The number of furan rings is 1. The zero-order chi connectivity index (χ0) is 14.5. The summed E-state index contributed by atoms with van der Waals surface area (Å²) >= 11 is 0. The Morgan fingerprint density at radius 3 is 2.86 bits per heavy atom. The fraction of sp³-hybridized carbons (Fsp3) is 0.667. The number of rotatable bonds is 4. The molecule has 2 saturated heterocycles. The number of hydrogen-bond acceptors (Lipinski definition) is 4. The monoisotopic (exact) mass is 294 g/mol. The highest BCUT2D eigenvalue weighted by Crippen LogP contribution is 2.17. The van der Waals surface area contributed by atoms with E-state index in [1.54, 1.807) is 6.26 Å². The second-order valence-electron chi connectivity index (χ2n) is 5.48. The van der Waals surface area contributed by atoms with Gasteiger partial charge in [0.15, 0.2) is 0 Å². The average molecular weight is 294 g/mol. The molecule has 0 bridgehead atoms. The standard InChI is InChI=1S/C15H22N2O4/c18-15(16-5-9-19-10-6-16)17(11-13-3-1-7-20-13)12-14-4-2-8-21-14/h1,3,7,14H,2,4-6,8-12H2/t14-/m0/s1. The van der Waals surface area contributed by atoms with Crippen LogP contribution in [0.4, 0.5) is 4.79 Å². The average Bonchev–Trinajstić information content (AvgIpc) is 3.20. The summed E-state index contributed by atoms with van der Waals surface area (Å²) < 4.78 is 16.4. The highest BCUT2D eigenvalue weighted by molar-refractivity contribution is 5.74. The largest absolute Gasteiger partial charge is 0.467 e. The van der Waals surface area contributed by atoms with Crippen molar-refractivity contribution in [1.82, 2.24) is 9.80 Å². The molecule has 1 aromatic rings. The molecule has 2 amide bonds. The Morgan fingerprint density at radius 2 is 2.19 bits per heavy atom. The summed E-state index contributed by atoms with van der Waals surface area (Å²) in [5.74, 6) is 0.801. The Labute approximate surface area is 124 Å². The number of hydrogen-bond donors (Lipinski definition) is 0. The molecule has 0 aromatic carbocycles. The first-order chi connectivity index (χ1) is 10.3. The van der Waals surface area contributed by atoms with Gasteiger partial charge in [0, 0.05) is 26.2 Å². The quantitative estimate of drug-likeness (QED) is 0.848. The van der Waals surface area contributed by atoms with Gasteiger partial charge in [0.05, 0.1) is 32.1 Å². The first-order valence-electron chi connectivity index (χ1n) is 7.58. The molecule has 6 nitrogen and oxygen atoms in total. The van der Waals surface area contributed by atoms with Crippen molar-refractivity contribution in [2.75, 3.05) is 39.5 Å². The van der Waals surface area contributed by atoms with Gasteiger partial charge in [0.25, 0.3) is 0 Å². The highest BCUT2D eigenvalue weighted by Gasteiger charge is 2.27. The second kappa shape index (κ2) is 6.95. The van der Waals surface area contributed by atoms with E-state index in [1.807, 2.05) is 21.9 Å². The summed E-state index contributed by atoms with van der Waals surface area (Å²) in [6.45, 7) is 4.43. The number of carbonyl (C=O) groups excluding carboxylic acids is 1. The van der Waals surface area contributed by atoms with E-state index in [-0.39, 0.29) is 12.1 Å². The highest BCUT2D eigenvalue weighted by atomic mass is 16.5. The molecule has 0 spiro atoms. The normalized spacial score (nSPS) is 22.5. The summed E-state index contributed by atoms with van der Waals surface area (Å²) in [6, 6.07) is 3.79. The lowest BCUT2D eigenvalue weighted by Crippen LogP contribution is -2.49. The molecular weight excluding hydrogens is 272 g/mol. The van der Waals surface area contributed by atoms with E-state index in [2.05, 4.69) is 0 Å². The topological polar surface area (TPSA) is 55.2 Å². The van der Waals surface area contributed by atoms with Crippen LogP contribution in [0, 0.1) is 0 Å². The van der Waals surface area contributed by atoms with E-state index in [4.69, 9.17) is 13.9 Å². The van der Waals surface area contributed by atoms with E-state index in [9.17, 15) is 4.79 Å². The predicted octanol–water partition coefficient (Wildman–Crippen LogP) is 1.71. The summed E-state index contributed by atoms with van der Waals surface area (Å²) in [4.78, 5) is 16.4. The minimum atomic E-state index is 0.0465. The van der Waals surface area contributed by atoms with E-state index in [0.29, 0.717) is 39.4 Å². The SMILES string of the molecule is O=C(N1CCOCC1)N(Cc1ccco1)C[C@@H]1CCCO1. The van der Waals surface area contributed by atoms with Gasteiger partial charge in [0.2, 0.25) is 0 Å². The molecule has 21 heavy (non-hydrogen) atoms. The van der Waals surface area contributed by atoms with Crippen LogP contribution in [-0.4, -0.2) is 61.4 Å². The van der Waals surface area contributed by atoms with Gasteiger partial charge < -0.3 is 23.7 Å². The Hall–Kier alpha value is -1.53. The summed E-state index contributed by atoms with van der Waals surface area (Å²) in [5, 5.41) is 0. The Balaban J connectivity index is 1.65. The Bertz CT molecular complexity index is 437. The lowest BCUT2D eigenvalue weighted by atomic mass is 10.2. The molecular formula is C15H22N2O4. The lowest BCUT2D eigenvalue weighted by molar-refractivity contribution is 0.0317. The van der Waals surface area contributed by atoms with Crippen LogP contribution in [0.15, 0.2) is 22.8 Å². The van der Waals surface area contributed by atoms with Crippen molar-refractivity contribution in [3.05, 3.63) is 24.2 Å². The summed E-state index contributed by atoms with van der Waals surface area (Å²) in [7, 11) is 0. The second-order valence-corrected chi connectivity index (χ2v) is 5.48. The van der Waals surface area contributed by atoms with E-state index < -0.39 is 0 Å². The smallest absolute Gasteiger partial charge is 0.320 e. The zero-order valence-electron chi connectivity index (χ0n) is 12.2. The zero-order valence-corrected chi connectivity index (χ0v) is 12.2. The molecule has 0 radical (unpaired) electrons. The maximum atomic E-state index is 12.7. The molecule has 2 fully saturated rings. The maximum Gasteiger partial charge on any atom is 0.320 e. The van der Waals surface area contributed by atoms with Gasteiger partial charge in [-0.15, -0.1) is 0 Å². The number of ether oxygens (including phenoxy) is 2. The molecule has 2 aliphatic rings. The molecule has 3 rings (SSSR count). The predicted molar refractivity (Wildman–Crippen MR) is 75.9 cm³/mol. The van der Waals surface area contributed by atoms with Gasteiger partial charge in [-0.2, -0.15) is 0 Å². The van der Waals surface area contributed by atoms with E-state index in [1.165, 1.54) is 0 Å². The van der Waals surface area contributed by atoms with Gasteiger partial charge >= 0.3 is 6.03 Å². The van der Waals surface area contributed by atoms with Crippen LogP contribution in [0.5, 0.6) is 0 Å². The van der Waals surface area contributed by atoms with Crippen LogP contribution in [0.25, 0.3) is 0 Å². The van der Waals surface area contributed by atoms with Gasteiger partial charge in [-0.05, 0) is 25.0 Å². The molecule has 3 heterocycles. The van der Waals surface area contributed by atoms with Crippen LogP contribution in [-0.2, 0) is 16.0 Å². The number of carbonyl (C=O) groups is 1. The van der Waals surface area contributed by atoms with Crippen LogP contribution in [0.2, 0.25) is 0 Å². The Kier molecular flexibility index (Phi) is 4.77. The van der Waals surface area contributed by atoms with Crippen LogP contribution in [0.3, 0.4) is 0 Å². The lowest BCUT2D eigenvalue weighted by Gasteiger charge is -2.33. The summed E-state index contributed by atoms with van der Waals surface area (Å²) in [6.07, 6.45) is 3.87. The molecule has 6 heteroatoms. The van der Waals surface area contributed by atoms with Crippen molar-refractivity contribution in [2.45, 2.75) is 25.5 Å². The molecule has 0 N–H and O–H groups in total. The van der Waals surface area contributed by atoms with Crippen molar-refractivity contribution >= 4 is 6.03 Å². The minimum Gasteiger partial charge on any atom is -0.467 e. The minimum absolute atomic E-state index is 0.0465. The number of urea groups is 1. The molecule has 0 saturated carbocycles. The third-order valence-corrected chi connectivity index (χ3v) is 3.93. The van der Waals surface area contributed by atoms with Gasteiger partial charge in [-0.3, -0.25) is 0 Å². The fourth-order valence-corrected chi connectivity index (χ4v) is 2.79. The van der Waals surface area contributed by atoms with Crippen molar-refractivity contribution in [3.63, 3.8) is 0 Å². The number of nitrogens with zero attached hydrogens (tertiary/aromatic N) is 2. The Morgan fingerprint density at radius 1 is 1.33 bits per heavy atom. The third-order valence-electron chi connectivity index (χ3n) is 3.93. The first-order valence-corrected chi connectivity index (χ1v) is 7.58. The van der Waals surface area contributed by atoms with Gasteiger partial charge in [-0.25, -0.2) is 4.79 Å². The van der Waals surface area contributed by atoms with Crippen molar-refractivity contribution in [1.29, 1.82) is 0 Å². The molecule has 2 aliphatic heterocycles. The van der Waals surface area contributed by atoms with E-state index in [0.717, 1.165) is 25.2 Å². The van der Waals surface area contributed by atoms with Crippen molar-refractivity contribution in [3.8, 4) is 0 Å². The van der Waals surface area contributed by atoms with Crippen molar-refractivity contribution < 1.29 is 18.7 Å². The van der Waals surface area contributed by atoms with Crippen LogP contribution < -0.4 is 0 Å². The molecule has 0 aliphatic carbocycles. The molecule has 1 aromatic heterocycles. The molecule has 1 atom stereocenters. The number of morpholine rings is 1. The fourth-order valence-electron chi connectivity index (χ4n) is 2.79.